The lowest BCUT2D eigenvalue weighted by atomic mass is 9.96. The van der Waals surface area contributed by atoms with E-state index in [0.29, 0.717) is 0 Å². The van der Waals surface area contributed by atoms with Gasteiger partial charge in [-0.1, -0.05) is 20.3 Å². The normalized spacial score (nSPS) is 12.7. The van der Waals surface area contributed by atoms with Crippen LogP contribution in [0.3, 0.4) is 0 Å². The third-order valence-corrected chi connectivity index (χ3v) is 2.51. The van der Waals surface area contributed by atoms with Crippen LogP contribution in [-0.2, 0) is 4.79 Å². The van der Waals surface area contributed by atoms with E-state index in [2.05, 4.69) is 31.4 Å². The molecule has 0 saturated carbocycles. The Labute approximate surface area is 94.0 Å². The molecule has 2 N–H and O–H groups in total. The highest BCUT2D eigenvalue weighted by Gasteiger charge is 2.30. The zero-order valence-corrected chi connectivity index (χ0v) is 11.0. The van der Waals surface area contributed by atoms with Crippen molar-refractivity contribution in [1.82, 2.24) is 10.6 Å². The van der Waals surface area contributed by atoms with Crippen molar-refractivity contribution in [3.05, 3.63) is 0 Å². The molecule has 0 radical (unpaired) electrons. The van der Waals surface area contributed by atoms with Crippen molar-refractivity contribution >= 4 is 5.91 Å². The van der Waals surface area contributed by atoms with Crippen molar-refractivity contribution in [1.29, 1.82) is 0 Å². The molecule has 15 heavy (non-hydrogen) atoms. The largest absolute Gasteiger partial charge is 0.350 e. The molecule has 0 unspecified atom stereocenters. The number of likely N-dealkylation sites (N-methyl/N-ethyl adjacent to an activating group) is 1. The lowest BCUT2D eigenvalue weighted by Gasteiger charge is -2.32. The molecule has 0 aliphatic carbocycles. The molecule has 3 nitrogen and oxygen atoms in total. The number of rotatable bonds is 6. The molecule has 0 aromatic carbocycles. The molecule has 90 valence electrons. The fourth-order valence-corrected chi connectivity index (χ4v) is 1.67. The summed E-state index contributed by atoms with van der Waals surface area (Å²) in [5, 5.41) is 6.26. The van der Waals surface area contributed by atoms with E-state index in [1.807, 2.05) is 20.8 Å². The van der Waals surface area contributed by atoms with Gasteiger partial charge in [-0.15, -0.1) is 0 Å². The molecule has 0 rings (SSSR count). The van der Waals surface area contributed by atoms with Gasteiger partial charge >= 0.3 is 0 Å². The van der Waals surface area contributed by atoms with E-state index in [4.69, 9.17) is 0 Å². The molecule has 0 aliphatic heterocycles. The lowest BCUT2D eigenvalue weighted by molar-refractivity contribution is -0.128. The Morgan fingerprint density at radius 3 is 2.07 bits per heavy atom. The fourth-order valence-electron chi connectivity index (χ4n) is 1.67. The van der Waals surface area contributed by atoms with Crippen molar-refractivity contribution in [2.45, 2.75) is 65.5 Å². The molecule has 3 heteroatoms. The molecule has 0 fully saturated rings. The van der Waals surface area contributed by atoms with Crippen LogP contribution < -0.4 is 10.6 Å². The van der Waals surface area contributed by atoms with Gasteiger partial charge in [-0.05, 0) is 40.7 Å². The van der Waals surface area contributed by atoms with E-state index in [-0.39, 0.29) is 11.4 Å². The van der Waals surface area contributed by atoms with Crippen LogP contribution in [-0.4, -0.2) is 23.5 Å². The van der Waals surface area contributed by atoms with Gasteiger partial charge in [0.1, 0.15) is 0 Å². The summed E-state index contributed by atoms with van der Waals surface area (Å²) in [6, 6.07) is 0. The highest BCUT2D eigenvalue weighted by molar-refractivity contribution is 5.85. The average molecular weight is 214 g/mol. The van der Waals surface area contributed by atoms with E-state index < -0.39 is 5.54 Å². The standard InChI is InChI=1S/C12H26N2O/c1-7-9-11(3,4)14-10(15)12(5,6)13-8-2/h13H,7-9H2,1-6H3,(H,14,15). The summed E-state index contributed by atoms with van der Waals surface area (Å²) >= 11 is 0. The van der Waals surface area contributed by atoms with Gasteiger partial charge in [0.15, 0.2) is 0 Å². The van der Waals surface area contributed by atoms with Crippen LogP contribution in [0.1, 0.15) is 54.4 Å². The molecule has 1 amide bonds. The Kier molecular flexibility index (Phi) is 5.29. The number of carbonyl (C=O) groups is 1. The maximum atomic E-state index is 12.0. The third-order valence-electron chi connectivity index (χ3n) is 2.51. The van der Waals surface area contributed by atoms with Crippen LogP contribution in [0, 0.1) is 0 Å². The van der Waals surface area contributed by atoms with Gasteiger partial charge in [-0.2, -0.15) is 0 Å². The van der Waals surface area contributed by atoms with Gasteiger partial charge in [0.2, 0.25) is 5.91 Å². The maximum absolute atomic E-state index is 12.0. The van der Waals surface area contributed by atoms with E-state index in [0.717, 1.165) is 19.4 Å². The number of carbonyl (C=O) groups excluding carboxylic acids is 1. The van der Waals surface area contributed by atoms with E-state index in [1.54, 1.807) is 0 Å². The molecule has 0 saturated heterocycles. The molecular formula is C12H26N2O. The van der Waals surface area contributed by atoms with Crippen LogP contribution in [0.5, 0.6) is 0 Å². The van der Waals surface area contributed by atoms with Gasteiger partial charge in [-0.25, -0.2) is 0 Å². The Morgan fingerprint density at radius 1 is 1.13 bits per heavy atom. The average Bonchev–Trinajstić information content (AvgIpc) is 2.02. The minimum atomic E-state index is -0.486. The topological polar surface area (TPSA) is 41.1 Å². The summed E-state index contributed by atoms with van der Waals surface area (Å²) in [5.41, 5.74) is -0.599. The molecule has 0 atom stereocenters. The number of nitrogens with one attached hydrogen (secondary N) is 2. The van der Waals surface area contributed by atoms with Gasteiger partial charge in [0, 0.05) is 5.54 Å². The van der Waals surface area contributed by atoms with Crippen LogP contribution >= 0.6 is 0 Å². The van der Waals surface area contributed by atoms with Crippen molar-refractivity contribution in [3.63, 3.8) is 0 Å². The Morgan fingerprint density at radius 2 is 1.67 bits per heavy atom. The minimum Gasteiger partial charge on any atom is -0.350 e. The van der Waals surface area contributed by atoms with Gasteiger partial charge in [0.25, 0.3) is 0 Å². The van der Waals surface area contributed by atoms with E-state index in [1.165, 1.54) is 0 Å². The molecule has 0 aromatic rings. The minimum absolute atomic E-state index is 0.0720. The molecular weight excluding hydrogens is 188 g/mol. The second kappa shape index (κ2) is 5.50. The molecule has 0 bridgehead atoms. The first kappa shape index (κ1) is 14.4. The predicted molar refractivity (Wildman–Crippen MR) is 64.9 cm³/mol. The van der Waals surface area contributed by atoms with Gasteiger partial charge < -0.3 is 10.6 Å². The number of hydrogen-bond acceptors (Lipinski definition) is 2. The zero-order chi connectivity index (χ0) is 12.1. The highest BCUT2D eigenvalue weighted by atomic mass is 16.2. The molecule has 0 aliphatic rings. The Bertz CT molecular complexity index is 210. The smallest absolute Gasteiger partial charge is 0.240 e. The van der Waals surface area contributed by atoms with E-state index in [9.17, 15) is 4.79 Å². The van der Waals surface area contributed by atoms with Gasteiger partial charge in [0.05, 0.1) is 5.54 Å². The third kappa shape index (κ3) is 5.17. The van der Waals surface area contributed by atoms with Crippen LogP contribution in [0.4, 0.5) is 0 Å². The number of amides is 1. The predicted octanol–water partition coefficient (Wildman–Crippen LogP) is 2.07. The number of hydrogen-bond donors (Lipinski definition) is 2. The summed E-state index contributed by atoms with van der Waals surface area (Å²) in [6.45, 7) is 12.9. The van der Waals surface area contributed by atoms with Crippen molar-refractivity contribution in [2.24, 2.45) is 0 Å². The van der Waals surface area contributed by atoms with Crippen molar-refractivity contribution in [2.75, 3.05) is 6.54 Å². The van der Waals surface area contributed by atoms with Crippen LogP contribution in [0.25, 0.3) is 0 Å². The van der Waals surface area contributed by atoms with E-state index >= 15 is 0 Å². The first-order chi connectivity index (χ1) is 6.75. The maximum Gasteiger partial charge on any atom is 0.240 e. The molecule has 0 heterocycles. The zero-order valence-electron chi connectivity index (χ0n) is 11.0. The summed E-state index contributed by atoms with van der Waals surface area (Å²) in [5.74, 6) is 0.0720. The Hall–Kier alpha value is -0.570. The lowest BCUT2D eigenvalue weighted by Crippen LogP contribution is -2.57. The van der Waals surface area contributed by atoms with Crippen molar-refractivity contribution < 1.29 is 4.79 Å². The quantitative estimate of drug-likeness (QED) is 0.710. The molecule has 0 spiro atoms. The fraction of sp³-hybridized carbons (Fsp3) is 0.917. The summed E-state index contributed by atoms with van der Waals surface area (Å²) in [6.07, 6.45) is 2.08. The second-order valence-corrected chi connectivity index (χ2v) is 5.24. The molecule has 0 aromatic heterocycles. The van der Waals surface area contributed by atoms with Crippen LogP contribution in [0.2, 0.25) is 0 Å². The van der Waals surface area contributed by atoms with Crippen molar-refractivity contribution in [3.8, 4) is 0 Å². The monoisotopic (exact) mass is 214 g/mol. The summed E-state index contributed by atoms with van der Waals surface area (Å²) in [4.78, 5) is 12.0. The summed E-state index contributed by atoms with van der Waals surface area (Å²) in [7, 11) is 0. The van der Waals surface area contributed by atoms with Crippen LogP contribution in [0.15, 0.2) is 0 Å². The summed E-state index contributed by atoms with van der Waals surface area (Å²) < 4.78 is 0. The SMILES string of the molecule is CCCC(C)(C)NC(=O)C(C)(C)NCC. The first-order valence-corrected chi connectivity index (χ1v) is 5.83. The highest BCUT2D eigenvalue weighted by Crippen LogP contribution is 2.13. The Balaban J connectivity index is 4.35. The second-order valence-electron chi connectivity index (χ2n) is 5.24. The first-order valence-electron chi connectivity index (χ1n) is 5.83. The van der Waals surface area contributed by atoms with Gasteiger partial charge in [-0.3, -0.25) is 4.79 Å².